The first-order valence-corrected chi connectivity index (χ1v) is 11.2. The number of hydrogen-bond donors (Lipinski definition) is 1. The van der Waals surface area contributed by atoms with Crippen molar-refractivity contribution in [2.24, 2.45) is 0 Å². The second kappa shape index (κ2) is 10.1. The summed E-state index contributed by atoms with van der Waals surface area (Å²) in [6, 6.07) is 18.1. The molecule has 162 valence electrons. The third-order valence-electron chi connectivity index (χ3n) is 6.16. The van der Waals surface area contributed by atoms with Gasteiger partial charge in [-0.1, -0.05) is 85.9 Å². The lowest BCUT2D eigenvalue weighted by molar-refractivity contribution is -0.136. The van der Waals surface area contributed by atoms with Crippen LogP contribution in [0, 0.1) is 0 Å². The van der Waals surface area contributed by atoms with Gasteiger partial charge in [0.15, 0.2) is 0 Å². The Kier molecular flexibility index (Phi) is 6.86. The molecule has 2 atom stereocenters. The van der Waals surface area contributed by atoms with Gasteiger partial charge in [0.1, 0.15) is 0 Å². The van der Waals surface area contributed by atoms with Crippen molar-refractivity contribution in [3.05, 3.63) is 114 Å². The summed E-state index contributed by atoms with van der Waals surface area (Å²) < 4.78 is 0. The summed E-state index contributed by atoms with van der Waals surface area (Å²) in [4.78, 5) is 13.2. The number of nitrogens with zero attached hydrogens (tertiary/aromatic N) is 1. The number of fused-ring (bicyclic) bond motifs is 3. The molecule has 1 saturated carbocycles. The maximum absolute atomic E-state index is 10.7. The maximum atomic E-state index is 10.7. The van der Waals surface area contributed by atoms with E-state index in [1.165, 1.54) is 41.8 Å². The molecule has 3 heteroatoms. The Morgan fingerprint density at radius 2 is 1.94 bits per heavy atom. The fourth-order valence-electron chi connectivity index (χ4n) is 4.84. The summed E-state index contributed by atoms with van der Waals surface area (Å²) in [7, 11) is 0. The van der Waals surface area contributed by atoms with Crippen LogP contribution in [0.15, 0.2) is 103 Å². The normalized spacial score (nSPS) is 20.4. The molecule has 0 spiro atoms. The Morgan fingerprint density at radius 3 is 2.72 bits per heavy atom. The number of para-hydroxylation sites is 1. The van der Waals surface area contributed by atoms with Gasteiger partial charge in [-0.3, -0.25) is 4.79 Å². The van der Waals surface area contributed by atoms with E-state index in [9.17, 15) is 4.79 Å². The van der Waals surface area contributed by atoms with Gasteiger partial charge in [-0.25, -0.2) is 0 Å². The molecule has 4 rings (SSSR count). The van der Waals surface area contributed by atoms with Crippen LogP contribution in [0.5, 0.6) is 0 Å². The molecule has 2 aromatic carbocycles. The summed E-state index contributed by atoms with van der Waals surface area (Å²) in [6.45, 7) is 3.72. The first-order chi connectivity index (χ1) is 15.7. The van der Waals surface area contributed by atoms with Gasteiger partial charge < -0.3 is 10.0 Å². The molecule has 0 bridgehead atoms. The molecule has 1 heterocycles. The monoisotopic (exact) mass is 423 g/mol. The highest BCUT2D eigenvalue weighted by Crippen LogP contribution is 2.52. The molecule has 1 aliphatic heterocycles. The smallest absolute Gasteiger partial charge is 0.307 e. The van der Waals surface area contributed by atoms with Crippen LogP contribution in [-0.2, 0) is 4.79 Å². The molecule has 1 fully saturated rings. The van der Waals surface area contributed by atoms with Crippen LogP contribution in [0.1, 0.15) is 42.7 Å². The molecule has 0 radical (unpaired) electrons. The van der Waals surface area contributed by atoms with Crippen LogP contribution in [0.3, 0.4) is 0 Å². The van der Waals surface area contributed by atoms with E-state index in [1.807, 2.05) is 24.3 Å². The fraction of sp³-hybridized carbons (Fsp3) is 0.207. The summed E-state index contributed by atoms with van der Waals surface area (Å²) in [6.07, 6.45) is 18.9. The molecule has 2 aliphatic rings. The highest BCUT2D eigenvalue weighted by molar-refractivity contribution is 5.75. The van der Waals surface area contributed by atoms with Crippen molar-refractivity contribution >= 4 is 23.4 Å². The Labute approximate surface area is 190 Å². The second-order valence-corrected chi connectivity index (χ2v) is 8.25. The molecule has 32 heavy (non-hydrogen) atoms. The molecule has 0 saturated heterocycles. The van der Waals surface area contributed by atoms with Gasteiger partial charge in [0.05, 0.1) is 6.42 Å². The number of rotatable bonds is 8. The Hall–Kier alpha value is -3.59. The van der Waals surface area contributed by atoms with E-state index in [1.54, 1.807) is 18.2 Å². The average molecular weight is 424 g/mol. The topological polar surface area (TPSA) is 40.5 Å². The zero-order valence-corrected chi connectivity index (χ0v) is 18.2. The lowest BCUT2D eigenvalue weighted by Gasteiger charge is -2.27. The number of benzene rings is 2. The molecule has 2 aromatic rings. The fourth-order valence-corrected chi connectivity index (χ4v) is 4.84. The Morgan fingerprint density at radius 1 is 1.09 bits per heavy atom. The van der Waals surface area contributed by atoms with Crippen LogP contribution in [0.2, 0.25) is 0 Å². The maximum Gasteiger partial charge on any atom is 0.307 e. The van der Waals surface area contributed by atoms with Gasteiger partial charge in [-0.05, 0) is 53.8 Å². The number of carboxylic acids is 1. The van der Waals surface area contributed by atoms with Crippen molar-refractivity contribution in [2.75, 3.05) is 4.90 Å². The minimum atomic E-state index is -0.838. The van der Waals surface area contributed by atoms with E-state index in [4.69, 9.17) is 5.11 Å². The summed E-state index contributed by atoms with van der Waals surface area (Å²) in [5, 5.41) is 8.78. The predicted molar refractivity (Wildman–Crippen MR) is 133 cm³/mol. The van der Waals surface area contributed by atoms with Crippen molar-refractivity contribution in [3.8, 4) is 0 Å². The van der Waals surface area contributed by atoms with Gasteiger partial charge in [0.2, 0.25) is 0 Å². The lowest BCUT2D eigenvalue weighted by atomic mass is 9.96. The van der Waals surface area contributed by atoms with Crippen LogP contribution in [0.25, 0.3) is 6.08 Å². The third-order valence-corrected chi connectivity index (χ3v) is 6.16. The molecule has 1 N–H and O–H groups in total. The van der Waals surface area contributed by atoms with Crippen LogP contribution in [0.4, 0.5) is 11.4 Å². The average Bonchev–Trinajstić information content (AvgIpc) is 3.38. The highest BCUT2D eigenvalue weighted by Gasteiger charge is 2.41. The first kappa shape index (κ1) is 21.6. The number of anilines is 2. The van der Waals surface area contributed by atoms with E-state index >= 15 is 0 Å². The first-order valence-electron chi connectivity index (χ1n) is 11.2. The number of carbonyl (C=O) groups is 1. The molecular formula is C29H29NO2. The number of hydrogen-bond acceptors (Lipinski definition) is 2. The Balaban J connectivity index is 1.51. The van der Waals surface area contributed by atoms with Crippen LogP contribution >= 0.6 is 0 Å². The molecule has 1 aliphatic carbocycles. The molecule has 2 unspecified atom stereocenters. The quantitative estimate of drug-likeness (QED) is 0.457. The van der Waals surface area contributed by atoms with Gasteiger partial charge in [0, 0.05) is 23.3 Å². The highest BCUT2D eigenvalue weighted by atomic mass is 16.4. The summed E-state index contributed by atoms with van der Waals surface area (Å²) in [5.41, 5.74) is 6.20. The van der Waals surface area contributed by atoms with E-state index in [0.29, 0.717) is 12.0 Å². The van der Waals surface area contributed by atoms with E-state index in [0.717, 1.165) is 5.57 Å². The van der Waals surface area contributed by atoms with Crippen molar-refractivity contribution in [2.45, 2.75) is 37.6 Å². The number of carboxylic acid groups (broad SMARTS) is 1. The van der Waals surface area contributed by atoms with E-state index < -0.39 is 5.97 Å². The standard InChI is InChI=1S/C29H29NO2/c1-2-10-22(13-8-18-29(31)32)11-6-7-12-23-19-20-28-26(21-23)25-16-9-17-27(25)30(28)24-14-4-3-5-15-24/h2-8,10-15,19-21,25,27H,1,9,16-18H2,(H,31,32)/b11-6?,12-7?,13-8-,22-10-. The van der Waals surface area contributed by atoms with E-state index in [-0.39, 0.29) is 6.42 Å². The second-order valence-electron chi connectivity index (χ2n) is 8.25. The molecule has 0 aromatic heterocycles. The zero-order valence-electron chi connectivity index (χ0n) is 18.2. The van der Waals surface area contributed by atoms with Crippen LogP contribution in [-0.4, -0.2) is 17.1 Å². The van der Waals surface area contributed by atoms with Gasteiger partial charge >= 0.3 is 5.97 Å². The van der Waals surface area contributed by atoms with Crippen LogP contribution < -0.4 is 4.90 Å². The van der Waals surface area contributed by atoms with Gasteiger partial charge in [0.25, 0.3) is 0 Å². The van der Waals surface area contributed by atoms with Gasteiger partial charge in [-0.15, -0.1) is 0 Å². The minimum Gasteiger partial charge on any atom is -0.481 e. The summed E-state index contributed by atoms with van der Waals surface area (Å²) in [5.74, 6) is -0.231. The minimum absolute atomic E-state index is 0.00937. The SMILES string of the molecule is C=C/C=C(C=CC=Cc1ccc2c(c1)C1CCCC1N2c1ccccc1)\C=C/CC(=O)O. The lowest BCUT2D eigenvalue weighted by Crippen LogP contribution is -2.26. The third kappa shape index (κ3) is 4.83. The predicted octanol–water partition coefficient (Wildman–Crippen LogP) is 7.19. The van der Waals surface area contributed by atoms with Crippen molar-refractivity contribution in [1.29, 1.82) is 0 Å². The Bertz CT molecular complexity index is 1090. The van der Waals surface area contributed by atoms with Crippen molar-refractivity contribution < 1.29 is 9.90 Å². The molecule has 0 amide bonds. The largest absolute Gasteiger partial charge is 0.481 e. The van der Waals surface area contributed by atoms with Crippen molar-refractivity contribution in [1.82, 2.24) is 0 Å². The van der Waals surface area contributed by atoms with Crippen molar-refractivity contribution in [3.63, 3.8) is 0 Å². The van der Waals surface area contributed by atoms with Gasteiger partial charge in [-0.2, -0.15) is 0 Å². The molecular weight excluding hydrogens is 394 g/mol. The molecule has 3 nitrogen and oxygen atoms in total. The van der Waals surface area contributed by atoms with E-state index in [2.05, 4.69) is 66.1 Å². The number of aliphatic carboxylic acids is 1. The summed E-state index contributed by atoms with van der Waals surface area (Å²) >= 11 is 0. The number of allylic oxidation sites excluding steroid dienone is 7. The zero-order chi connectivity index (χ0) is 22.3.